The molecule has 1 aromatic carbocycles. The molecule has 0 saturated carbocycles. The first kappa shape index (κ1) is 18.6. The molecule has 3 heterocycles. The van der Waals surface area contributed by atoms with E-state index in [-0.39, 0.29) is 23.7 Å². The van der Waals surface area contributed by atoms with Gasteiger partial charge in [-0.15, -0.1) is 5.10 Å². The third-order valence-electron chi connectivity index (χ3n) is 4.18. The third-order valence-corrected chi connectivity index (χ3v) is 4.18. The SMILES string of the molecule is Nc1nn2cccnc2c1-c1cc(NCc2cc(C(F)(F)F)ccc2F)ncn1. The summed E-state index contributed by atoms with van der Waals surface area (Å²) >= 11 is 0. The van der Waals surface area contributed by atoms with Crippen LogP contribution in [0.4, 0.5) is 29.2 Å². The normalized spacial score (nSPS) is 11.7. The van der Waals surface area contributed by atoms with E-state index in [0.29, 0.717) is 23.0 Å². The predicted octanol–water partition coefficient (Wildman–Crippen LogP) is 3.54. The summed E-state index contributed by atoms with van der Waals surface area (Å²) in [6.07, 6.45) is -0.0414. The smallest absolute Gasteiger partial charge is 0.382 e. The number of anilines is 2. The zero-order valence-corrected chi connectivity index (χ0v) is 14.7. The molecule has 3 aromatic heterocycles. The quantitative estimate of drug-likeness (QED) is 0.506. The maximum absolute atomic E-state index is 13.9. The summed E-state index contributed by atoms with van der Waals surface area (Å²) in [4.78, 5) is 12.4. The highest BCUT2D eigenvalue weighted by atomic mass is 19.4. The number of nitrogens with zero attached hydrogens (tertiary/aromatic N) is 5. The second kappa shape index (κ2) is 7.00. The van der Waals surface area contributed by atoms with E-state index in [9.17, 15) is 17.6 Å². The van der Waals surface area contributed by atoms with Crippen LogP contribution in [-0.2, 0) is 12.7 Å². The lowest BCUT2D eigenvalue weighted by Crippen LogP contribution is -2.09. The number of nitrogens with one attached hydrogen (secondary N) is 1. The van der Waals surface area contributed by atoms with Crippen molar-refractivity contribution < 1.29 is 17.6 Å². The molecule has 0 fully saturated rings. The third kappa shape index (κ3) is 3.66. The van der Waals surface area contributed by atoms with Gasteiger partial charge in [0.25, 0.3) is 0 Å². The number of nitrogens with two attached hydrogens (primary N) is 1. The molecular formula is C18H13F4N7. The van der Waals surface area contributed by atoms with E-state index in [4.69, 9.17) is 5.73 Å². The molecule has 0 radical (unpaired) electrons. The largest absolute Gasteiger partial charge is 0.416 e. The lowest BCUT2D eigenvalue weighted by atomic mass is 10.1. The molecule has 0 amide bonds. The molecule has 4 aromatic rings. The minimum atomic E-state index is -4.56. The van der Waals surface area contributed by atoms with E-state index >= 15 is 0 Å². The average Bonchev–Trinajstić information content (AvgIpc) is 3.02. The van der Waals surface area contributed by atoms with Crippen molar-refractivity contribution in [3.8, 4) is 11.3 Å². The van der Waals surface area contributed by atoms with Gasteiger partial charge >= 0.3 is 6.18 Å². The first-order chi connectivity index (χ1) is 13.8. The van der Waals surface area contributed by atoms with Crippen molar-refractivity contribution in [3.05, 3.63) is 66.0 Å². The second-order valence-electron chi connectivity index (χ2n) is 6.09. The molecule has 0 aliphatic carbocycles. The van der Waals surface area contributed by atoms with Crippen LogP contribution in [-0.4, -0.2) is 24.6 Å². The van der Waals surface area contributed by atoms with Gasteiger partial charge in [0.1, 0.15) is 18.0 Å². The molecule has 0 saturated heterocycles. The Balaban J connectivity index is 1.62. The Kier molecular flexibility index (Phi) is 4.49. The van der Waals surface area contributed by atoms with Gasteiger partial charge < -0.3 is 11.1 Å². The molecule has 148 valence electrons. The molecule has 11 heteroatoms. The van der Waals surface area contributed by atoms with Gasteiger partial charge in [-0.1, -0.05) is 0 Å². The number of hydrogen-bond donors (Lipinski definition) is 2. The van der Waals surface area contributed by atoms with E-state index < -0.39 is 17.6 Å². The Labute approximate surface area is 161 Å². The first-order valence-electron chi connectivity index (χ1n) is 8.33. The van der Waals surface area contributed by atoms with Crippen LogP contribution in [0, 0.1) is 5.82 Å². The molecule has 0 unspecified atom stereocenters. The summed E-state index contributed by atoms with van der Waals surface area (Å²) in [6, 6.07) is 5.48. The van der Waals surface area contributed by atoms with Crippen LogP contribution in [0.5, 0.6) is 0 Å². The number of rotatable bonds is 4. The molecule has 4 rings (SSSR count). The number of benzene rings is 1. The van der Waals surface area contributed by atoms with Crippen LogP contribution in [0.2, 0.25) is 0 Å². The highest BCUT2D eigenvalue weighted by Gasteiger charge is 2.31. The lowest BCUT2D eigenvalue weighted by Gasteiger charge is -2.11. The number of halogens is 4. The van der Waals surface area contributed by atoms with E-state index in [1.54, 1.807) is 18.5 Å². The highest BCUT2D eigenvalue weighted by molar-refractivity contribution is 5.84. The van der Waals surface area contributed by atoms with Crippen LogP contribution in [0.15, 0.2) is 49.1 Å². The van der Waals surface area contributed by atoms with Crippen LogP contribution in [0.3, 0.4) is 0 Å². The predicted molar refractivity (Wildman–Crippen MR) is 97.2 cm³/mol. The summed E-state index contributed by atoms with van der Waals surface area (Å²) in [5.41, 5.74) is 6.29. The second-order valence-corrected chi connectivity index (χ2v) is 6.09. The van der Waals surface area contributed by atoms with E-state index in [1.165, 1.54) is 16.9 Å². The summed E-state index contributed by atoms with van der Waals surface area (Å²) in [7, 11) is 0. The highest BCUT2D eigenvalue weighted by Crippen LogP contribution is 2.31. The Morgan fingerprint density at radius 3 is 2.72 bits per heavy atom. The standard InChI is InChI=1S/C18H13F4N7/c19-12-3-2-11(18(20,21)22)6-10(12)8-25-14-7-13(26-9-27-14)15-16(23)28-29-5-1-4-24-17(15)29/h1-7,9H,8H2,(H2,23,28)(H,25,26,27). The van der Waals surface area contributed by atoms with Crippen molar-refractivity contribution in [3.63, 3.8) is 0 Å². The van der Waals surface area contributed by atoms with Crippen LogP contribution in [0.1, 0.15) is 11.1 Å². The zero-order valence-electron chi connectivity index (χ0n) is 14.7. The lowest BCUT2D eigenvalue weighted by molar-refractivity contribution is -0.137. The zero-order chi connectivity index (χ0) is 20.6. The summed E-state index contributed by atoms with van der Waals surface area (Å²) in [5.74, 6) is -0.269. The Morgan fingerprint density at radius 1 is 1.10 bits per heavy atom. The molecule has 0 atom stereocenters. The number of hydrogen-bond acceptors (Lipinski definition) is 6. The molecule has 3 N–H and O–H groups in total. The molecule has 29 heavy (non-hydrogen) atoms. The van der Waals surface area contributed by atoms with E-state index in [1.807, 2.05) is 0 Å². The summed E-state index contributed by atoms with van der Waals surface area (Å²) in [6.45, 7) is -0.200. The van der Waals surface area contributed by atoms with Crippen LogP contribution >= 0.6 is 0 Å². The van der Waals surface area contributed by atoms with Gasteiger partial charge in [-0.3, -0.25) is 0 Å². The number of fused-ring (bicyclic) bond motifs is 1. The number of alkyl halides is 3. The van der Waals surface area contributed by atoms with Gasteiger partial charge in [0, 0.05) is 30.6 Å². The van der Waals surface area contributed by atoms with Gasteiger partial charge in [0.15, 0.2) is 11.5 Å². The van der Waals surface area contributed by atoms with Crippen molar-refractivity contribution in [2.75, 3.05) is 11.1 Å². The molecular weight excluding hydrogens is 390 g/mol. The molecule has 0 bridgehead atoms. The fourth-order valence-corrected chi connectivity index (χ4v) is 2.81. The molecule has 7 nitrogen and oxygen atoms in total. The monoisotopic (exact) mass is 403 g/mol. The first-order valence-corrected chi connectivity index (χ1v) is 8.33. The topological polar surface area (TPSA) is 94.0 Å². The van der Waals surface area contributed by atoms with Crippen LogP contribution in [0.25, 0.3) is 16.9 Å². The Bertz CT molecular complexity index is 1190. The van der Waals surface area contributed by atoms with Gasteiger partial charge in [0.05, 0.1) is 16.8 Å². The Hall–Kier alpha value is -3.76. The van der Waals surface area contributed by atoms with Gasteiger partial charge in [0.2, 0.25) is 0 Å². The van der Waals surface area contributed by atoms with Crippen molar-refractivity contribution in [1.29, 1.82) is 0 Å². The van der Waals surface area contributed by atoms with E-state index in [0.717, 1.165) is 12.1 Å². The minimum Gasteiger partial charge on any atom is -0.382 e. The summed E-state index contributed by atoms with van der Waals surface area (Å²) < 4.78 is 54.0. The minimum absolute atomic E-state index is 0.142. The van der Waals surface area contributed by atoms with Gasteiger partial charge in [-0.05, 0) is 24.3 Å². The van der Waals surface area contributed by atoms with Gasteiger partial charge in [-0.2, -0.15) is 13.2 Å². The maximum atomic E-state index is 13.9. The van der Waals surface area contributed by atoms with Crippen molar-refractivity contribution in [1.82, 2.24) is 24.6 Å². The summed E-state index contributed by atoms with van der Waals surface area (Å²) in [5, 5.41) is 6.96. The van der Waals surface area contributed by atoms with Crippen molar-refractivity contribution >= 4 is 17.3 Å². The Morgan fingerprint density at radius 2 is 1.93 bits per heavy atom. The number of aromatic nitrogens is 5. The van der Waals surface area contributed by atoms with Gasteiger partial charge in [-0.25, -0.2) is 23.9 Å². The molecule has 0 aliphatic heterocycles. The fourth-order valence-electron chi connectivity index (χ4n) is 2.81. The average molecular weight is 403 g/mol. The number of nitrogen functional groups attached to an aromatic ring is 1. The van der Waals surface area contributed by atoms with E-state index in [2.05, 4.69) is 25.4 Å². The van der Waals surface area contributed by atoms with Crippen molar-refractivity contribution in [2.45, 2.75) is 12.7 Å². The molecule has 0 spiro atoms. The van der Waals surface area contributed by atoms with Crippen molar-refractivity contribution in [2.24, 2.45) is 0 Å². The molecule has 0 aliphatic rings. The van der Waals surface area contributed by atoms with Crippen LogP contribution < -0.4 is 11.1 Å². The maximum Gasteiger partial charge on any atom is 0.416 e. The fraction of sp³-hybridized carbons (Fsp3) is 0.111.